The van der Waals surface area contributed by atoms with Gasteiger partial charge in [-0.05, 0) is 60.1 Å². The van der Waals surface area contributed by atoms with Crippen LogP contribution >= 0.6 is 15.9 Å². The Morgan fingerprint density at radius 1 is 1.07 bits per heavy atom. The minimum Gasteiger partial charge on any atom is -0.497 e. The molecule has 0 spiro atoms. The highest BCUT2D eigenvalue weighted by Crippen LogP contribution is 2.24. The van der Waals surface area contributed by atoms with Crippen LogP contribution in [0.1, 0.15) is 24.2 Å². The first-order valence-corrected chi connectivity index (χ1v) is 9.67. The van der Waals surface area contributed by atoms with Gasteiger partial charge in [0, 0.05) is 16.4 Å². The second-order valence-electron chi connectivity index (χ2n) is 6.85. The van der Waals surface area contributed by atoms with Gasteiger partial charge in [0.15, 0.2) is 0 Å². The molecule has 1 aromatic heterocycles. The molecule has 2 aromatic carbocycles. The number of hydrogen-bond donors (Lipinski definition) is 2. The maximum absolute atomic E-state index is 12.7. The number of anilines is 2. The van der Waals surface area contributed by atoms with Crippen LogP contribution in [0.5, 0.6) is 5.75 Å². The number of carbonyl (C=O) groups excluding carboxylic acids is 2. The lowest BCUT2D eigenvalue weighted by Gasteiger charge is -2.24. The van der Waals surface area contributed by atoms with Crippen molar-refractivity contribution in [3.05, 3.63) is 71.0 Å². The monoisotopic (exact) mass is 456 g/mol. The average Bonchev–Trinajstić information content (AvgIpc) is 3.18. The van der Waals surface area contributed by atoms with E-state index in [0.717, 1.165) is 0 Å². The summed E-state index contributed by atoms with van der Waals surface area (Å²) in [6.07, 6.45) is 3.13. The first-order valence-electron chi connectivity index (χ1n) is 8.88. The van der Waals surface area contributed by atoms with Gasteiger partial charge in [-0.15, -0.1) is 0 Å². The number of amides is 2. The second kappa shape index (κ2) is 8.48. The molecule has 0 fully saturated rings. The van der Waals surface area contributed by atoms with Crippen molar-refractivity contribution in [3.8, 4) is 5.75 Å². The maximum Gasteiger partial charge on any atom is 0.257 e. The third kappa shape index (κ3) is 4.65. The molecule has 3 rings (SSSR count). The van der Waals surface area contributed by atoms with Gasteiger partial charge in [0.05, 0.1) is 24.6 Å². The van der Waals surface area contributed by atoms with Crippen molar-refractivity contribution in [3.63, 3.8) is 0 Å². The number of benzene rings is 2. The van der Waals surface area contributed by atoms with Crippen molar-refractivity contribution in [1.82, 2.24) is 9.78 Å². The Bertz CT molecular complexity index is 1030. The Kier molecular flexibility index (Phi) is 6.03. The summed E-state index contributed by atoms with van der Waals surface area (Å²) in [6, 6.07) is 14.3. The normalized spacial score (nSPS) is 11.0. The highest BCUT2D eigenvalue weighted by molar-refractivity contribution is 9.10. The summed E-state index contributed by atoms with van der Waals surface area (Å²) < 4.78 is 7.33. The largest absolute Gasteiger partial charge is 0.497 e. The van der Waals surface area contributed by atoms with Gasteiger partial charge in [-0.1, -0.05) is 18.2 Å². The third-order valence-corrected chi connectivity index (χ3v) is 5.11. The molecule has 8 heteroatoms. The van der Waals surface area contributed by atoms with E-state index < -0.39 is 5.54 Å². The van der Waals surface area contributed by atoms with Crippen LogP contribution in [0.25, 0.3) is 0 Å². The summed E-state index contributed by atoms with van der Waals surface area (Å²) in [6.45, 7) is 3.51. The Morgan fingerprint density at radius 3 is 2.48 bits per heavy atom. The Labute approximate surface area is 177 Å². The van der Waals surface area contributed by atoms with Crippen molar-refractivity contribution in [2.45, 2.75) is 19.4 Å². The van der Waals surface area contributed by atoms with Gasteiger partial charge >= 0.3 is 0 Å². The lowest BCUT2D eigenvalue weighted by molar-refractivity contribution is -0.123. The Hall–Kier alpha value is -3.13. The third-order valence-electron chi connectivity index (χ3n) is 4.42. The fourth-order valence-electron chi connectivity index (χ4n) is 2.61. The molecule has 0 saturated carbocycles. The minimum absolute atomic E-state index is 0.222. The van der Waals surface area contributed by atoms with Crippen LogP contribution in [0.3, 0.4) is 0 Å². The lowest BCUT2D eigenvalue weighted by Crippen LogP contribution is -2.40. The molecule has 0 saturated heterocycles. The number of methoxy groups -OCH3 is 1. The van der Waals surface area contributed by atoms with Crippen LogP contribution in [-0.4, -0.2) is 28.7 Å². The van der Waals surface area contributed by atoms with E-state index in [1.54, 1.807) is 38.2 Å². The summed E-state index contributed by atoms with van der Waals surface area (Å²) in [5.41, 5.74) is 0.646. The zero-order valence-electron chi connectivity index (χ0n) is 16.3. The van der Waals surface area contributed by atoms with Crippen LogP contribution in [0, 0.1) is 0 Å². The lowest BCUT2D eigenvalue weighted by atomic mass is 10.0. The van der Waals surface area contributed by atoms with E-state index in [2.05, 4.69) is 31.7 Å². The molecule has 0 aliphatic heterocycles. The predicted molar refractivity (Wildman–Crippen MR) is 115 cm³/mol. The van der Waals surface area contributed by atoms with Crippen molar-refractivity contribution in [2.75, 3.05) is 17.7 Å². The minimum atomic E-state index is -0.963. The topological polar surface area (TPSA) is 85.2 Å². The summed E-state index contributed by atoms with van der Waals surface area (Å²) >= 11 is 3.37. The standard InChI is InChI=1S/C21H21BrN4O3/c1-21(2,20(28)25-14-7-5-4-6-8-14)26-13-15(12-23-26)24-19(27)17-11-16(29-3)9-10-18(17)22/h4-13H,1-3H3,(H,24,27)(H,25,28). The van der Waals surface area contributed by atoms with E-state index in [0.29, 0.717) is 27.2 Å². The maximum atomic E-state index is 12.7. The molecule has 150 valence electrons. The molecule has 29 heavy (non-hydrogen) atoms. The summed E-state index contributed by atoms with van der Waals surface area (Å²) in [5.74, 6) is 0.0369. The molecule has 0 radical (unpaired) electrons. The van der Waals surface area contributed by atoms with E-state index in [9.17, 15) is 9.59 Å². The van der Waals surface area contributed by atoms with Crippen molar-refractivity contribution in [1.29, 1.82) is 0 Å². The number of aromatic nitrogens is 2. The Morgan fingerprint density at radius 2 is 1.79 bits per heavy atom. The number of nitrogens with one attached hydrogen (secondary N) is 2. The van der Waals surface area contributed by atoms with E-state index >= 15 is 0 Å². The molecule has 0 aliphatic carbocycles. The van der Waals surface area contributed by atoms with Crippen molar-refractivity contribution in [2.24, 2.45) is 0 Å². The first kappa shape index (κ1) is 20.6. The summed E-state index contributed by atoms with van der Waals surface area (Å²) in [4.78, 5) is 25.3. The highest BCUT2D eigenvalue weighted by Gasteiger charge is 2.31. The molecular formula is C21H21BrN4O3. The SMILES string of the molecule is COc1ccc(Br)c(C(=O)Nc2cnn(C(C)(C)C(=O)Nc3ccccc3)c2)c1. The molecule has 2 N–H and O–H groups in total. The zero-order chi connectivity index (χ0) is 21.0. The number of ether oxygens (including phenoxy) is 1. The molecule has 2 amide bonds. The zero-order valence-corrected chi connectivity index (χ0v) is 17.9. The predicted octanol–water partition coefficient (Wildman–Crippen LogP) is 4.28. The quantitative estimate of drug-likeness (QED) is 0.579. The number of carbonyl (C=O) groups is 2. The highest BCUT2D eigenvalue weighted by atomic mass is 79.9. The Balaban J connectivity index is 1.74. The number of halogens is 1. The first-order chi connectivity index (χ1) is 13.8. The van der Waals surface area contributed by atoms with Crippen LogP contribution in [0.15, 0.2) is 65.4 Å². The molecule has 3 aromatic rings. The number of hydrogen-bond acceptors (Lipinski definition) is 4. The second-order valence-corrected chi connectivity index (χ2v) is 7.71. The van der Waals surface area contributed by atoms with Gasteiger partial charge in [0.25, 0.3) is 11.8 Å². The molecule has 0 bridgehead atoms. The van der Waals surface area contributed by atoms with Crippen LogP contribution in [0.2, 0.25) is 0 Å². The molecule has 0 atom stereocenters. The smallest absolute Gasteiger partial charge is 0.257 e. The molecule has 0 unspecified atom stereocenters. The van der Waals surface area contributed by atoms with Crippen molar-refractivity contribution >= 4 is 39.1 Å². The molecule has 1 heterocycles. The van der Waals surface area contributed by atoms with Gasteiger partial charge in [0.2, 0.25) is 0 Å². The van der Waals surface area contributed by atoms with E-state index in [1.165, 1.54) is 18.0 Å². The van der Waals surface area contributed by atoms with Crippen LogP contribution < -0.4 is 15.4 Å². The van der Waals surface area contributed by atoms with E-state index in [4.69, 9.17) is 4.74 Å². The van der Waals surface area contributed by atoms with Gasteiger partial charge in [-0.2, -0.15) is 5.10 Å². The van der Waals surface area contributed by atoms with Crippen molar-refractivity contribution < 1.29 is 14.3 Å². The summed E-state index contributed by atoms with van der Waals surface area (Å²) in [7, 11) is 1.54. The van der Waals surface area contributed by atoms with Gasteiger partial charge in [0.1, 0.15) is 11.3 Å². The summed E-state index contributed by atoms with van der Waals surface area (Å²) in [5, 5.41) is 9.92. The number of para-hydroxylation sites is 1. The van der Waals surface area contributed by atoms with Crippen LogP contribution in [-0.2, 0) is 10.3 Å². The van der Waals surface area contributed by atoms with Gasteiger partial charge < -0.3 is 15.4 Å². The fourth-order valence-corrected chi connectivity index (χ4v) is 3.03. The van der Waals surface area contributed by atoms with E-state index in [-0.39, 0.29) is 11.8 Å². The van der Waals surface area contributed by atoms with Gasteiger partial charge in [-0.3, -0.25) is 14.3 Å². The number of rotatable bonds is 6. The average molecular weight is 457 g/mol. The number of nitrogens with zero attached hydrogens (tertiary/aromatic N) is 2. The molecule has 0 aliphatic rings. The van der Waals surface area contributed by atoms with Gasteiger partial charge in [-0.25, -0.2) is 0 Å². The van der Waals surface area contributed by atoms with Crippen LogP contribution in [0.4, 0.5) is 11.4 Å². The molecule has 7 nitrogen and oxygen atoms in total. The molecular weight excluding hydrogens is 436 g/mol. The van der Waals surface area contributed by atoms with E-state index in [1.807, 2.05) is 30.3 Å². The fraction of sp³-hybridized carbons (Fsp3) is 0.190.